The minimum atomic E-state index is -0.149. The molecule has 7 heteroatoms. The average Bonchev–Trinajstić information content (AvgIpc) is 2.80. The van der Waals surface area contributed by atoms with Crippen LogP contribution in [0.25, 0.3) is 0 Å². The summed E-state index contributed by atoms with van der Waals surface area (Å²) in [7, 11) is 1.59. The van der Waals surface area contributed by atoms with Gasteiger partial charge < -0.3 is 19.7 Å². The number of likely N-dealkylation sites (tertiary alicyclic amines) is 1. The molecular weight excluding hydrogens is 460 g/mol. The maximum Gasteiger partial charge on any atom is 0.253 e. The third-order valence-electron chi connectivity index (χ3n) is 5.44. The van der Waals surface area contributed by atoms with Crippen molar-refractivity contribution in [3.8, 4) is 11.5 Å². The number of ether oxygens (including phenoxy) is 2. The topological polar surface area (TPSA) is 67.9 Å². The average molecular weight is 489 g/mol. The number of piperidine rings is 1. The van der Waals surface area contributed by atoms with Crippen LogP contribution >= 0.6 is 15.9 Å². The van der Waals surface area contributed by atoms with E-state index in [1.165, 1.54) is 0 Å². The van der Waals surface area contributed by atoms with Crippen molar-refractivity contribution in [1.29, 1.82) is 0 Å². The predicted octanol–water partition coefficient (Wildman–Crippen LogP) is 5.13. The van der Waals surface area contributed by atoms with Crippen LogP contribution in [0.1, 0.15) is 43.0 Å². The van der Waals surface area contributed by atoms with Gasteiger partial charge in [-0.1, -0.05) is 29.3 Å². The minimum absolute atomic E-state index is 0.00534. The zero-order valence-electron chi connectivity index (χ0n) is 18.0. The van der Waals surface area contributed by atoms with Crippen LogP contribution in [0.4, 0.5) is 5.69 Å². The quantitative estimate of drug-likeness (QED) is 0.523. The lowest BCUT2D eigenvalue weighted by Crippen LogP contribution is -2.41. The fourth-order valence-corrected chi connectivity index (χ4v) is 3.81. The van der Waals surface area contributed by atoms with Gasteiger partial charge in [-0.05, 0) is 55.7 Å². The Labute approximate surface area is 192 Å². The van der Waals surface area contributed by atoms with Crippen LogP contribution in [0.2, 0.25) is 0 Å². The number of methoxy groups -OCH3 is 1. The summed E-state index contributed by atoms with van der Waals surface area (Å²) in [6.07, 6.45) is 3.24. The van der Waals surface area contributed by atoms with E-state index in [4.69, 9.17) is 9.47 Å². The van der Waals surface area contributed by atoms with E-state index in [1.807, 2.05) is 41.3 Å². The van der Waals surface area contributed by atoms with Crippen LogP contribution in [-0.2, 0) is 4.79 Å². The highest BCUT2D eigenvalue weighted by Crippen LogP contribution is 2.31. The van der Waals surface area contributed by atoms with Gasteiger partial charge in [0.1, 0.15) is 11.5 Å². The number of carbonyl (C=O) groups is 2. The molecule has 2 aromatic carbocycles. The number of nitrogens with zero attached hydrogens (tertiary/aromatic N) is 1. The molecule has 1 aliphatic rings. The van der Waals surface area contributed by atoms with Gasteiger partial charge in [0.25, 0.3) is 5.91 Å². The van der Waals surface area contributed by atoms with Gasteiger partial charge in [-0.3, -0.25) is 9.59 Å². The molecule has 0 unspecified atom stereocenters. The number of hydrogen-bond donors (Lipinski definition) is 1. The Balaban J connectivity index is 1.59. The van der Waals surface area contributed by atoms with Crippen LogP contribution < -0.4 is 14.8 Å². The Bertz CT molecular complexity index is 893. The zero-order chi connectivity index (χ0) is 22.2. The fourth-order valence-electron chi connectivity index (χ4n) is 3.54. The number of unbranched alkanes of at least 4 members (excludes halogenated alkanes) is 1. The predicted molar refractivity (Wildman–Crippen MR) is 125 cm³/mol. The molecule has 0 aromatic heterocycles. The number of benzene rings is 2. The first-order valence-corrected chi connectivity index (χ1v) is 11.5. The van der Waals surface area contributed by atoms with Crippen molar-refractivity contribution in [2.75, 3.05) is 32.1 Å². The monoisotopic (exact) mass is 488 g/mol. The third-order valence-corrected chi connectivity index (χ3v) is 5.97. The first kappa shape index (κ1) is 23.1. The molecule has 6 nitrogen and oxygen atoms in total. The van der Waals surface area contributed by atoms with E-state index in [1.54, 1.807) is 13.2 Å². The second-order valence-corrected chi connectivity index (χ2v) is 8.54. The van der Waals surface area contributed by atoms with E-state index in [-0.39, 0.29) is 17.7 Å². The smallest absolute Gasteiger partial charge is 0.253 e. The number of hydrogen-bond acceptors (Lipinski definition) is 4. The van der Waals surface area contributed by atoms with Gasteiger partial charge in [-0.2, -0.15) is 0 Å². The van der Waals surface area contributed by atoms with Gasteiger partial charge in [0, 0.05) is 35.1 Å². The van der Waals surface area contributed by atoms with E-state index in [2.05, 4.69) is 28.2 Å². The molecule has 1 fully saturated rings. The molecular formula is C24H29BrN2O4. The molecule has 2 amide bonds. The number of carbonyl (C=O) groups excluding carboxylic acids is 2. The molecule has 2 aromatic rings. The van der Waals surface area contributed by atoms with Crippen LogP contribution in [0.3, 0.4) is 0 Å². The van der Waals surface area contributed by atoms with Gasteiger partial charge >= 0.3 is 0 Å². The largest absolute Gasteiger partial charge is 0.497 e. The molecule has 0 aliphatic carbocycles. The summed E-state index contributed by atoms with van der Waals surface area (Å²) < 4.78 is 12.1. The van der Waals surface area contributed by atoms with Gasteiger partial charge in [0.05, 0.1) is 19.4 Å². The molecule has 1 heterocycles. The maximum absolute atomic E-state index is 12.9. The second-order valence-electron chi connectivity index (χ2n) is 7.63. The Morgan fingerprint density at radius 2 is 1.84 bits per heavy atom. The maximum atomic E-state index is 12.9. The first-order valence-electron chi connectivity index (χ1n) is 10.7. The Hall–Kier alpha value is -2.54. The summed E-state index contributed by atoms with van der Waals surface area (Å²) >= 11 is 3.39. The Kier molecular flexibility index (Phi) is 8.35. The van der Waals surface area contributed by atoms with E-state index in [0.717, 1.165) is 17.3 Å². The van der Waals surface area contributed by atoms with Crippen molar-refractivity contribution in [3.63, 3.8) is 0 Å². The highest BCUT2D eigenvalue weighted by molar-refractivity contribution is 9.10. The van der Waals surface area contributed by atoms with Crippen LogP contribution in [0, 0.1) is 5.92 Å². The lowest BCUT2D eigenvalue weighted by Gasteiger charge is -2.31. The van der Waals surface area contributed by atoms with Gasteiger partial charge in [0.15, 0.2) is 0 Å². The van der Waals surface area contributed by atoms with Crippen LogP contribution in [0.15, 0.2) is 46.9 Å². The standard InChI is InChI=1S/C24H29BrN2O4/c1-3-4-15-31-22-10-9-20(30-2)16-21(22)26-23(28)17-11-13-27(14-12-17)24(29)18-5-7-19(25)8-6-18/h5-10,16-17H,3-4,11-15H2,1-2H3,(H,26,28). The molecule has 31 heavy (non-hydrogen) atoms. The summed E-state index contributed by atoms with van der Waals surface area (Å²) in [6, 6.07) is 12.8. The molecule has 0 atom stereocenters. The third kappa shape index (κ3) is 6.23. The van der Waals surface area contributed by atoms with Crippen molar-refractivity contribution in [2.24, 2.45) is 5.92 Å². The molecule has 0 bridgehead atoms. The molecule has 1 saturated heterocycles. The van der Waals surface area contributed by atoms with Gasteiger partial charge in [0.2, 0.25) is 5.91 Å². The number of nitrogens with one attached hydrogen (secondary N) is 1. The molecule has 1 N–H and O–H groups in total. The lowest BCUT2D eigenvalue weighted by atomic mass is 9.95. The van der Waals surface area contributed by atoms with Crippen molar-refractivity contribution in [1.82, 2.24) is 4.90 Å². The molecule has 0 radical (unpaired) electrons. The Morgan fingerprint density at radius 3 is 2.48 bits per heavy atom. The Morgan fingerprint density at radius 1 is 1.13 bits per heavy atom. The normalized spacial score (nSPS) is 14.2. The molecule has 0 saturated carbocycles. The van der Waals surface area contributed by atoms with E-state index in [0.29, 0.717) is 55.3 Å². The zero-order valence-corrected chi connectivity index (χ0v) is 19.6. The molecule has 3 rings (SSSR count). The molecule has 0 spiro atoms. The minimum Gasteiger partial charge on any atom is -0.497 e. The highest BCUT2D eigenvalue weighted by atomic mass is 79.9. The summed E-state index contributed by atoms with van der Waals surface area (Å²) in [6.45, 7) is 3.83. The first-order chi connectivity index (χ1) is 15.0. The molecule has 166 valence electrons. The van der Waals surface area contributed by atoms with Crippen molar-refractivity contribution >= 4 is 33.4 Å². The van der Waals surface area contributed by atoms with Crippen molar-refractivity contribution in [2.45, 2.75) is 32.6 Å². The fraction of sp³-hybridized carbons (Fsp3) is 0.417. The molecule has 1 aliphatic heterocycles. The van der Waals surface area contributed by atoms with Crippen molar-refractivity contribution in [3.05, 3.63) is 52.5 Å². The number of anilines is 1. The van der Waals surface area contributed by atoms with E-state index >= 15 is 0 Å². The number of rotatable bonds is 8. The van der Waals surface area contributed by atoms with E-state index in [9.17, 15) is 9.59 Å². The van der Waals surface area contributed by atoms with E-state index < -0.39 is 0 Å². The lowest BCUT2D eigenvalue weighted by molar-refractivity contribution is -0.121. The van der Waals surface area contributed by atoms with Crippen LogP contribution in [-0.4, -0.2) is 43.5 Å². The summed E-state index contributed by atoms with van der Waals surface area (Å²) in [5, 5.41) is 3.01. The highest BCUT2D eigenvalue weighted by Gasteiger charge is 2.28. The summed E-state index contributed by atoms with van der Waals surface area (Å²) in [5.41, 5.74) is 1.28. The number of amides is 2. The van der Waals surface area contributed by atoms with Gasteiger partial charge in [-0.25, -0.2) is 0 Å². The summed E-state index contributed by atoms with van der Waals surface area (Å²) in [4.78, 5) is 27.4. The summed E-state index contributed by atoms with van der Waals surface area (Å²) in [5.74, 6) is 1.11. The second kappa shape index (κ2) is 11.2. The van der Waals surface area contributed by atoms with Crippen molar-refractivity contribution < 1.29 is 19.1 Å². The van der Waals surface area contributed by atoms with Gasteiger partial charge in [-0.15, -0.1) is 0 Å². The van der Waals surface area contributed by atoms with Crippen LogP contribution in [0.5, 0.6) is 11.5 Å². The SMILES string of the molecule is CCCCOc1ccc(OC)cc1NC(=O)C1CCN(C(=O)c2ccc(Br)cc2)CC1. The number of halogens is 1.